The van der Waals surface area contributed by atoms with E-state index < -0.39 is 0 Å². The van der Waals surface area contributed by atoms with Gasteiger partial charge in [0, 0.05) is 6.04 Å². The Labute approximate surface area is 108 Å². The first-order valence-electron chi connectivity index (χ1n) is 4.56. The lowest BCUT2D eigenvalue weighted by Crippen LogP contribution is -2.30. The molecule has 0 aromatic carbocycles. The van der Waals surface area contributed by atoms with Crippen molar-refractivity contribution < 1.29 is 4.79 Å². The zero-order chi connectivity index (χ0) is 11.0. The predicted octanol–water partition coefficient (Wildman–Crippen LogP) is 2.90. The number of nitrogens with zero attached hydrogens (tertiary/aromatic N) is 1. The van der Waals surface area contributed by atoms with Gasteiger partial charge < -0.3 is 0 Å². The van der Waals surface area contributed by atoms with Crippen LogP contribution in [0.1, 0.15) is 12.8 Å². The summed E-state index contributed by atoms with van der Waals surface area (Å²) in [6, 6.07) is 0.389. The second-order valence-corrected chi connectivity index (χ2v) is 6.83. The van der Waals surface area contributed by atoms with E-state index in [1.165, 1.54) is 11.8 Å². The SMILES string of the molecule is CSC(SC)=C1SC(=S)N(C2CC2)C1=O. The molecule has 6 heteroatoms. The number of rotatable bonds is 3. The molecule has 0 aromatic heterocycles. The van der Waals surface area contributed by atoms with Gasteiger partial charge >= 0.3 is 0 Å². The van der Waals surface area contributed by atoms with Crippen LogP contribution in [0.25, 0.3) is 0 Å². The highest BCUT2D eigenvalue weighted by Crippen LogP contribution is 2.44. The molecular formula is C9H11NOS4. The van der Waals surface area contributed by atoms with Crippen LogP contribution >= 0.6 is 47.5 Å². The highest BCUT2D eigenvalue weighted by Gasteiger charge is 2.43. The molecule has 0 unspecified atom stereocenters. The molecule has 1 saturated heterocycles. The molecule has 15 heavy (non-hydrogen) atoms. The van der Waals surface area contributed by atoms with Gasteiger partial charge in [0.15, 0.2) is 0 Å². The predicted molar refractivity (Wildman–Crippen MR) is 74.1 cm³/mol. The van der Waals surface area contributed by atoms with Crippen molar-refractivity contribution in [3.63, 3.8) is 0 Å². The van der Waals surface area contributed by atoms with Crippen LogP contribution in [-0.2, 0) is 4.79 Å². The largest absolute Gasteiger partial charge is 0.290 e. The van der Waals surface area contributed by atoms with Crippen molar-refractivity contribution in [3.8, 4) is 0 Å². The number of carbonyl (C=O) groups excluding carboxylic acids is 1. The lowest BCUT2D eigenvalue weighted by molar-refractivity contribution is -0.122. The first-order chi connectivity index (χ1) is 7.19. The smallest absolute Gasteiger partial charge is 0.268 e. The number of thioether (sulfide) groups is 3. The number of carbonyl (C=O) groups is 1. The molecule has 1 aliphatic carbocycles. The maximum atomic E-state index is 12.1. The van der Waals surface area contributed by atoms with Gasteiger partial charge in [-0.3, -0.25) is 9.69 Å². The Morgan fingerprint density at radius 2 is 2.07 bits per heavy atom. The summed E-state index contributed by atoms with van der Waals surface area (Å²) in [5, 5.41) is 0. The molecule has 0 aromatic rings. The van der Waals surface area contributed by atoms with E-state index in [4.69, 9.17) is 12.2 Å². The minimum Gasteiger partial charge on any atom is -0.290 e. The Hall–Kier alpha value is 0.350. The monoisotopic (exact) mass is 277 g/mol. The zero-order valence-electron chi connectivity index (χ0n) is 8.48. The zero-order valence-corrected chi connectivity index (χ0v) is 11.7. The molecule has 0 N–H and O–H groups in total. The lowest BCUT2D eigenvalue weighted by atomic mass is 10.5. The van der Waals surface area contributed by atoms with Crippen molar-refractivity contribution in [3.05, 3.63) is 9.14 Å². The van der Waals surface area contributed by atoms with Crippen LogP contribution in [-0.4, -0.2) is 33.7 Å². The fourth-order valence-corrected chi connectivity index (χ4v) is 4.64. The van der Waals surface area contributed by atoms with E-state index in [9.17, 15) is 4.79 Å². The lowest BCUT2D eigenvalue weighted by Gasteiger charge is -2.12. The fourth-order valence-electron chi connectivity index (χ4n) is 1.42. The number of amides is 1. The average Bonchev–Trinajstić information content (AvgIpc) is 2.98. The van der Waals surface area contributed by atoms with Crippen LogP contribution in [0, 0.1) is 0 Å². The Balaban J connectivity index is 2.27. The van der Waals surface area contributed by atoms with Crippen LogP contribution < -0.4 is 0 Å². The van der Waals surface area contributed by atoms with Gasteiger partial charge in [0.05, 0.1) is 9.14 Å². The molecule has 1 saturated carbocycles. The maximum Gasteiger partial charge on any atom is 0.268 e. The van der Waals surface area contributed by atoms with Crippen molar-refractivity contribution in [2.24, 2.45) is 0 Å². The summed E-state index contributed by atoms with van der Waals surface area (Å²) >= 11 is 9.94. The van der Waals surface area contributed by atoms with E-state index in [1.807, 2.05) is 12.5 Å². The van der Waals surface area contributed by atoms with Crippen molar-refractivity contribution in [1.29, 1.82) is 0 Å². The standard InChI is InChI=1S/C9H11NOS4/c1-13-8(14-2)6-7(11)10(5-3-4-5)9(12)15-6/h5H,3-4H2,1-2H3. The van der Waals surface area contributed by atoms with Crippen LogP contribution in [0.4, 0.5) is 0 Å². The molecule has 1 aliphatic heterocycles. The van der Waals surface area contributed by atoms with Crippen molar-refractivity contribution in [1.82, 2.24) is 4.90 Å². The second kappa shape index (κ2) is 4.69. The molecule has 82 valence electrons. The van der Waals surface area contributed by atoms with Gasteiger partial charge in [0.1, 0.15) is 4.32 Å². The van der Waals surface area contributed by atoms with Crippen molar-refractivity contribution >= 4 is 57.7 Å². The quantitative estimate of drug-likeness (QED) is 0.582. The Bertz CT molecular complexity index is 342. The minimum atomic E-state index is 0.117. The van der Waals surface area contributed by atoms with Gasteiger partial charge in [0.2, 0.25) is 0 Å². The van der Waals surface area contributed by atoms with Crippen LogP contribution in [0.5, 0.6) is 0 Å². The Kier molecular flexibility index (Phi) is 3.70. The third kappa shape index (κ3) is 2.23. The molecule has 1 amide bonds. The summed E-state index contributed by atoms with van der Waals surface area (Å²) < 4.78 is 1.81. The van der Waals surface area contributed by atoms with Gasteiger partial charge in [-0.25, -0.2) is 0 Å². The van der Waals surface area contributed by atoms with Gasteiger partial charge in [-0.1, -0.05) is 24.0 Å². The van der Waals surface area contributed by atoms with E-state index in [1.54, 1.807) is 28.4 Å². The molecular weight excluding hydrogens is 266 g/mol. The first-order valence-corrected chi connectivity index (χ1v) is 8.24. The molecule has 0 radical (unpaired) electrons. The van der Waals surface area contributed by atoms with E-state index >= 15 is 0 Å². The van der Waals surface area contributed by atoms with Gasteiger partial charge in [-0.05, 0) is 25.4 Å². The van der Waals surface area contributed by atoms with E-state index in [-0.39, 0.29) is 5.91 Å². The molecule has 2 rings (SSSR count). The van der Waals surface area contributed by atoms with Gasteiger partial charge in [-0.2, -0.15) is 0 Å². The number of hydrogen-bond acceptors (Lipinski definition) is 5. The maximum absolute atomic E-state index is 12.1. The van der Waals surface area contributed by atoms with E-state index in [0.29, 0.717) is 6.04 Å². The van der Waals surface area contributed by atoms with Crippen molar-refractivity contribution in [2.45, 2.75) is 18.9 Å². The molecule has 2 fully saturated rings. The molecule has 2 nitrogen and oxygen atoms in total. The second-order valence-electron chi connectivity index (χ2n) is 3.30. The summed E-state index contributed by atoms with van der Waals surface area (Å²) in [6.45, 7) is 0. The normalized spacial score (nSPS) is 21.5. The minimum absolute atomic E-state index is 0.117. The molecule has 0 bridgehead atoms. The highest BCUT2D eigenvalue weighted by atomic mass is 32.2. The van der Waals surface area contributed by atoms with Gasteiger partial charge in [0.25, 0.3) is 5.91 Å². The van der Waals surface area contributed by atoms with Gasteiger partial charge in [-0.15, -0.1) is 23.5 Å². The highest BCUT2D eigenvalue weighted by molar-refractivity contribution is 8.29. The molecule has 1 heterocycles. The third-order valence-electron chi connectivity index (χ3n) is 2.27. The fraction of sp³-hybridized carbons (Fsp3) is 0.556. The third-order valence-corrected chi connectivity index (χ3v) is 6.08. The van der Waals surface area contributed by atoms with Crippen LogP contribution in [0.15, 0.2) is 9.14 Å². The van der Waals surface area contributed by atoms with Crippen molar-refractivity contribution in [2.75, 3.05) is 12.5 Å². The number of thiocarbonyl (C=S) groups is 1. The summed E-state index contributed by atoms with van der Waals surface area (Å²) in [7, 11) is 0. The van der Waals surface area contributed by atoms with E-state index in [2.05, 4.69) is 0 Å². The van der Waals surface area contributed by atoms with E-state index in [0.717, 1.165) is 26.3 Å². The molecule has 0 atom stereocenters. The Morgan fingerprint density at radius 1 is 1.47 bits per heavy atom. The van der Waals surface area contributed by atoms with Crippen LogP contribution in [0.3, 0.4) is 0 Å². The summed E-state index contributed by atoms with van der Waals surface area (Å²) in [5.41, 5.74) is 0. The summed E-state index contributed by atoms with van der Waals surface area (Å²) in [5.74, 6) is 0.117. The van der Waals surface area contributed by atoms with Crippen LogP contribution in [0.2, 0.25) is 0 Å². The molecule has 2 aliphatic rings. The topological polar surface area (TPSA) is 20.3 Å². The first kappa shape index (κ1) is 11.8. The summed E-state index contributed by atoms with van der Waals surface area (Å²) in [6.07, 6.45) is 6.20. The Morgan fingerprint density at radius 3 is 2.53 bits per heavy atom. The molecule has 0 spiro atoms. The summed E-state index contributed by atoms with van der Waals surface area (Å²) in [4.78, 5) is 14.7. The average molecular weight is 277 g/mol. The number of hydrogen-bond donors (Lipinski definition) is 0.